The Kier molecular flexibility index (Phi) is 3.15. The number of rotatable bonds is 2. The molecule has 0 bridgehead atoms. The van der Waals surface area contributed by atoms with E-state index in [-0.39, 0.29) is 0 Å². The number of hydrogen-bond acceptors (Lipinski definition) is 1. The van der Waals surface area contributed by atoms with Crippen molar-refractivity contribution >= 4 is 28.2 Å². The zero-order valence-electron chi connectivity index (χ0n) is 10.7. The summed E-state index contributed by atoms with van der Waals surface area (Å²) in [6.45, 7) is 4.18. The molecule has 1 aromatic carbocycles. The molecule has 0 amide bonds. The zero-order valence-corrected chi connectivity index (χ0v) is 11.5. The van der Waals surface area contributed by atoms with Gasteiger partial charge in [-0.15, -0.1) is 0 Å². The predicted octanol–water partition coefficient (Wildman–Crippen LogP) is 1.68. The molecular formula is C13H18N3S+. The summed E-state index contributed by atoms with van der Waals surface area (Å²) >= 11 is 5.46. The van der Waals surface area contributed by atoms with Crippen molar-refractivity contribution in [1.29, 1.82) is 0 Å². The number of aromatic nitrogens is 2. The Labute approximate surface area is 107 Å². The number of fused-ring (bicyclic) bond motifs is 1. The molecule has 0 saturated carbocycles. The molecule has 0 saturated heterocycles. The number of thiocarbonyl (C=S) groups is 1. The smallest absolute Gasteiger partial charge is 0.317 e. The number of nitrogens with zero attached hydrogens (tertiary/aromatic N) is 2. The highest BCUT2D eigenvalue weighted by Crippen LogP contribution is 2.12. The van der Waals surface area contributed by atoms with E-state index in [0.717, 1.165) is 10.8 Å². The van der Waals surface area contributed by atoms with Crippen LogP contribution in [-0.4, -0.2) is 15.6 Å². The van der Waals surface area contributed by atoms with Crippen LogP contribution in [0.25, 0.3) is 11.0 Å². The number of imidazole rings is 1. The Morgan fingerprint density at radius 1 is 1.35 bits per heavy atom. The first-order valence-electron chi connectivity index (χ1n) is 5.76. The van der Waals surface area contributed by atoms with Crippen LogP contribution in [0.3, 0.4) is 0 Å². The van der Waals surface area contributed by atoms with Crippen molar-refractivity contribution < 1.29 is 4.57 Å². The van der Waals surface area contributed by atoms with Crippen LogP contribution in [0, 0.1) is 0 Å². The van der Waals surface area contributed by atoms with E-state index in [1.54, 1.807) is 0 Å². The number of nitrogens with one attached hydrogen (secondary N) is 1. The number of aryl methyl sites for hydroxylation is 2. The molecule has 0 fully saturated rings. The Hall–Kier alpha value is -1.42. The highest BCUT2D eigenvalue weighted by atomic mass is 32.1. The second-order valence-electron chi connectivity index (χ2n) is 4.56. The van der Waals surface area contributed by atoms with Gasteiger partial charge in [-0.3, -0.25) is 0 Å². The third-order valence-corrected chi connectivity index (χ3v) is 3.16. The molecule has 1 N–H and O–H groups in total. The molecule has 17 heavy (non-hydrogen) atoms. The molecule has 3 nitrogen and oxygen atoms in total. The normalized spacial score (nSPS) is 11.1. The third-order valence-electron chi connectivity index (χ3n) is 2.86. The molecule has 0 unspecified atom stereocenters. The van der Waals surface area contributed by atoms with Gasteiger partial charge in [0.15, 0.2) is 16.0 Å². The van der Waals surface area contributed by atoms with E-state index in [4.69, 9.17) is 12.2 Å². The molecule has 0 aliphatic rings. The Bertz CT molecular complexity index is 530. The van der Waals surface area contributed by atoms with Crippen LogP contribution in [0.5, 0.6) is 0 Å². The van der Waals surface area contributed by atoms with Gasteiger partial charge in [0.2, 0.25) is 0 Å². The fourth-order valence-corrected chi connectivity index (χ4v) is 2.63. The van der Waals surface area contributed by atoms with E-state index >= 15 is 0 Å². The van der Waals surface area contributed by atoms with Crippen molar-refractivity contribution in [2.24, 2.45) is 14.1 Å². The predicted molar refractivity (Wildman–Crippen MR) is 74.1 cm³/mol. The highest BCUT2D eigenvalue weighted by molar-refractivity contribution is 7.80. The summed E-state index contributed by atoms with van der Waals surface area (Å²) in [5.41, 5.74) is 2.39. The molecule has 0 aliphatic carbocycles. The molecule has 0 spiro atoms. The van der Waals surface area contributed by atoms with Crippen molar-refractivity contribution in [3.63, 3.8) is 0 Å². The lowest BCUT2D eigenvalue weighted by Gasteiger charge is -2.08. The minimum Gasteiger partial charge on any atom is -0.367 e. The molecule has 90 valence electrons. The van der Waals surface area contributed by atoms with E-state index in [1.807, 2.05) is 26.2 Å². The Morgan fingerprint density at radius 3 is 2.59 bits per heavy atom. The van der Waals surface area contributed by atoms with Gasteiger partial charge in [0.25, 0.3) is 0 Å². The summed E-state index contributed by atoms with van der Waals surface area (Å²) in [5, 5.41) is 3.29. The summed E-state index contributed by atoms with van der Waals surface area (Å²) in [7, 11) is 4.10. The van der Waals surface area contributed by atoms with Gasteiger partial charge in [0.1, 0.15) is 0 Å². The average molecular weight is 248 g/mol. The van der Waals surface area contributed by atoms with Crippen LogP contribution in [0.2, 0.25) is 0 Å². The van der Waals surface area contributed by atoms with Gasteiger partial charge in [0.05, 0.1) is 14.1 Å². The lowest BCUT2D eigenvalue weighted by atomic mass is 10.3. The summed E-state index contributed by atoms with van der Waals surface area (Å²) in [4.78, 5) is 0.793. The van der Waals surface area contributed by atoms with Gasteiger partial charge in [-0.2, -0.15) is 0 Å². The maximum Gasteiger partial charge on any atom is 0.317 e. The quantitative estimate of drug-likeness (QED) is 0.645. The van der Waals surface area contributed by atoms with Crippen molar-refractivity contribution in [1.82, 2.24) is 9.88 Å². The fraction of sp³-hybridized carbons (Fsp3) is 0.385. The lowest BCUT2D eigenvalue weighted by molar-refractivity contribution is -0.647. The maximum absolute atomic E-state index is 5.46. The molecule has 2 rings (SSSR count). The first kappa shape index (κ1) is 12.0. The van der Waals surface area contributed by atoms with Crippen LogP contribution in [0.1, 0.15) is 19.7 Å². The molecule has 0 atom stereocenters. The third kappa shape index (κ3) is 2.05. The zero-order chi connectivity index (χ0) is 12.6. The number of benzene rings is 1. The molecule has 1 aromatic heterocycles. The summed E-state index contributed by atoms with van der Waals surface area (Å²) in [6.07, 6.45) is 0. The summed E-state index contributed by atoms with van der Waals surface area (Å²) in [5.74, 6) is 1.04. The van der Waals surface area contributed by atoms with E-state index in [2.05, 4.69) is 40.4 Å². The second-order valence-corrected chi connectivity index (χ2v) is 4.97. The Balaban J connectivity index is 2.58. The van der Waals surface area contributed by atoms with Crippen LogP contribution in [-0.2, 0) is 14.1 Å². The largest absolute Gasteiger partial charge is 0.367 e. The SMILES string of the molecule is CC(C)NC(=S)c1n(C)c2ccccc2[n+]1C. The first-order valence-corrected chi connectivity index (χ1v) is 6.17. The van der Waals surface area contributed by atoms with Crippen molar-refractivity contribution in [3.05, 3.63) is 30.1 Å². The van der Waals surface area contributed by atoms with Gasteiger partial charge in [-0.25, -0.2) is 9.13 Å². The monoisotopic (exact) mass is 248 g/mol. The van der Waals surface area contributed by atoms with Crippen LogP contribution in [0.4, 0.5) is 0 Å². The average Bonchev–Trinajstić information content (AvgIpc) is 2.51. The topological polar surface area (TPSA) is 20.8 Å². The molecule has 0 radical (unpaired) electrons. The van der Waals surface area contributed by atoms with Crippen molar-refractivity contribution in [2.75, 3.05) is 0 Å². The van der Waals surface area contributed by atoms with E-state index in [9.17, 15) is 0 Å². The minimum atomic E-state index is 0.348. The van der Waals surface area contributed by atoms with Crippen LogP contribution >= 0.6 is 12.2 Å². The van der Waals surface area contributed by atoms with Gasteiger partial charge < -0.3 is 5.32 Å². The molecule has 2 aromatic rings. The lowest BCUT2D eigenvalue weighted by Crippen LogP contribution is -2.42. The van der Waals surface area contributed by atoms with E-state index in [0.29, 0.717) is 6.04 Å². The van der Waals surface area contributed by atoms with E-state index < -0.39 is 0 Å². The first-order chi connectivity index (χ1) is 8.02. The Morgan fingerprint density at radius 2 is 2.00 bits per heavy atom. The number of para-hydroxylation sites is 2. The summed E-state index contributed by atoms with van der Waals surface area (Å²) in [6, 6.07) is 8.66. The molecular weight excluding hydrogens is 230 g/mol. The van der Waals surface area contributed by atoms with Crippen LogP contribution < -0.4 is 9.88 Å². The van der Waals surface area contributed by atoms with Gasteiger partial charge in [-0.05, 0) is 26.0 Å². The van der Waals surface area contributed by atoms with Gasteiger partial charge in [0, 0.05) is 6.04 Å². The van der Waals surface area contributed by atoms with Crippen LogP contribution in [0.15, 0.2) is 24.3 Å². The molecule has 4 heteroatoms. The van der Waals surface area contributed by atoms with E-state index in [1.165, 1.54) is 11.0 Å². The van der Waals surface area contributed by atoms with Gasteiger partial charge in [-0.1, -0.05) is 24.4 Å². The van der Waals surface area contributed by atoms with Crippen molar-refractivity contribution in [3.8, 4) is 0 Å². The fourth-order valence-electron chi connectivity index (χ4n) is 2.12. The van der Waals surface area contributed by atoms with Crippen molar-refractivity contribution in [2.45, 2.75) is 19.9 Å². The second kappa shape index (κ2) is 4.45. The van der Waals surface area contributed by atoms with Gasteiger partial charge >= 0.3 is 5.82 Å². The standard InChI is InChI=1S/C13H17N3S/c1-9(2)14-12(17)13-15(3)10-7-5-6-8-11(10)16(13)4/h5-9H,1-4H3/p+1. The minimum absolute atomic E-state index is 0.348. The highest BCUT2D eigenvalue weighted by Gasteiger charge is 2.23. The summed E-state index contributed by atoms with van der Waals surface area (Å²) < 4.78 is 4.26. The molecule has 1 heterocycles. The maximum atomic E-state index is 5.46. The number of hydrogen-bond donors (Lipinski definition) is 1. The molecule has 0 aliphatic heterocycles.